The number of amides is 1. The Morgan fingerprint density at radius 3 is 2.52 bits per heavy atom. The Hall–Kier alpha value is -3.31. The number of hydrogen-bond donors (Lipinski definition) is 1. The summed E-state index contributed by atoms with van der Waals surface area (Å²) in [4.78, 5) is 17.5. The van der Waals surface area contributed by atoms with Crippen molar-refractivity contribution in [1.29, 1.82) is 0 Å². The molecule has 2 aliphatic rings. The molecule has 5 nitrogen and oxygen atoms in total. The SMILES string of the molecule is COc1ccccc1C1CCN(Cc2ccc(C(=O)N3CCc4ccc(N)cc43)cc2)CC1. The Labute approximate surface area is 195 Å². The topological polar surface area (TPSA) is 58.8 Å². The van der Waals surface area contributed by atoms with Gasteiger partial charge in [0.1, 0.15) is 5.75 Å². The number of rotatable bonds is 5. The minimum atomic E-state index is 0.0449. The van der Waals surface area contributed by atoms with E-state index >= 15 is 0 Å². The number of carbonyl (C=O) groups excluding carboxylic acids is 1. The summed E-state index contributed by atoms with van der Waals surface area (Å²) in [6, 6.07) is 22.3. The van der Waals surface area contributed by atoms with E-state index in [4.69, 9.17) is 10.5 Å². The summed E-state index contributed by atoms with van der Waals surface area (Å²) in [5.74, 6) is 1.60. The predicted octanol–water partition coefficient (Wildman–Crippen LogP) is 4.86. The van der Waals surface area contributed by atoms with Crippen molar-refractivity contribution in [3.8, 4) is 5.75 Å². The second kappa shape index (κ2) is 9.28. The smallest absolute Gasteiger partial charge is 0.258 e. The molecule has 2 N–H and O–H groups in total. The molecule has 33 heavy (non-hydrogen) atoms. The number of carbonyl (C=O) groups is 1. The van der Waals surface area contributed by atoms with Crippen molar-refractivity contribution in [2.75, 3.05) is 37.4 Å². The number of ether oxygens (including phenoxy) is 1. The number of piperidine rings is 1. The third kappa shape index (κ3) is 4.46. The molecule has 3 aromatic carbocycles. The molecule has 5 rings (SSSR count). The van der Waals surface area contributed by atoms with E-state index in [1.165, 1.54) is 16.7 Å². The molecule has 2 aliphatic heterocycles. The fourth-order valence-corrected chi connectivity index (χ4v) is 5.18. The molecule has 1 saturated heterocycles. The Morgan fingerprint density at radius 2 is 1.76 bits per heavy atom. The van der Waals surface area contributed by atoms with Crippen molar-refractivity contribution < 1.29 is 9.53 Å². The number of para-hydroxylation sites is 1. The average Bonchev–Trinajstić information content (AvgIpc) is 3.27. The number of nitrogens with two attached hydrogens (primary N) is 1. The van der Waals surface area contributed by atoms with Crippen LogP contribution in [0.3, 0.4) is 0 Å². The minimum absolute atomic E-state index is 0.0449. The average molecular weight is 442 g/mol. The number of nitrogen functional groups attached to an aromatic ring is 1. The molecule has 1 fully saturated rings. The molecule has 1 amide bonds. The lowest BCUT2D eigenvalue weighted by molar-refractivity contribution is 0.0989. The second-order valence-corrected chi connectivity index (χ2v) is 9.08. The van der Waals surface area contributed by atoms with Crippen molar-refractivity contribution in [1.82, 2.24) is 4.90 Å². The van der Waals surface area contributed by atoms with Gasteiger partial charge in [-0.2, -0.15) is 0 Å². The summed E-state index contributed by atoms with van der Waals surface area (Å²) in [7, 11) is 1.75. The number of anilines is 2. The van der Waals surface area contributed by atoms with E-state index < -0.39 is 0 Å². The lowest BCUT2D eigenvalue weighted by Crippen LogP contribution is -2.32. The number of methoxy groups -OCH3 is 1. The van der Waals surface area contributed by atoms with Gasteiger partial charge in [0.2, 0.25) is 0 Å². The first kappa shape index (κ1) is 21.5. The monoisotopic (exact) mass is 441 g/mol. The third-order valence-electron chi connectivity index (χ3n) is 7.02. The first-order valence-corrected chi connectivity index (χ1v) is 11.8. The van der Waals surface area contributed by atoms with Crippen LogP contribution in [-0.4, -0.2) is 37.6 Å². The van der Waals surface area contributed by atoms with Gasteiger partial charge in [-0.3, -0.25) is 9.69 Å². The van der Waals surface area contributed by atoms with Crippen LogP contribution in [0, 0.1) is 0 Å². The zero-order valence-corrected chi connectivity index (χ0v) is 19.2. The third-order valence-corrected chi connectivity index (χ3v) is 7.02. The minimum Gasteiger partial charge on any atom is -0.496 e. The molecule has 2 heterocycles. The highest BCUT2D eigenvalue weighted by atomic mass is 16.5. The van der Waals surface area contributed by atoms with Crippen molar-refractivity contribution >= 4 is 17.3 Å². The Balaban J connectivity index is 1.19. The molecule has 0 aliphatic carbocycles. The van der Waals surface area contributed by atoms with Crippen LogP contribution in [-0.2, 0) is 13.0 Å². The Bertz CT molecular complexity index is 1130. The molecule has 0 aromatic heterocycles. The zero-order chi connectivity index (χ0) is 22.8. The summed E-state index contributed by atoms with van der Waals surface area (Å²) in [5.41, 5.74) is 12.1. The number of benzene rings is 3. The molecule has 0 saturated carbocycles. The lowest BCUT2D eigenvalue weighted by Gasteiger charge is -2.32. The summed E-state index contributed by atoms with van der Waals surface area (Å²) in [6.07, 6.45) is 3.15. The van der Waals surface area contributed by atoms with Crippen LogP contribution in [0.2, 0.25) is 0 Å². The summed E-state index contributed by atoms with van der Waals surface area (Å²) >= 11 is 0. The first-order valence-electron chi connectivity index (χ1n) is 11.8. The van der Waals surface area contributed by atoms with Gasteiger partial charge < -0.3 is 15.4 Å². The predicted molar refractivity (Wildman–Crippen MR) is 133 cm³/mol. The highest BCUT2D eigenvalue weighted by molar-refractivity contribution is 6.07. The van der Waals surface area contributed by atoms with Crippen molar-refractivity contribution in [3.05, 3.63) is 89.0 Å². The van der Waals surface area contributed by atoms with Gasteiger partial charge in [-0.05, 0) is 85.3 Å². The molecule has 0 radical (unpaired) electrons. The second-order valence-electron chi connectivity index (χ2n) is 9.08. The largest absolute Gasteiger partial charge is 0.496 e. The van der Waals surface area contributed by atoms with Gasteiger partial charge in [-0.25, -0.2) is 0 Å². The van der Waals surface area contributed by atoms with Crippen molar-refractivity contribution in [3.63, 3.8) is 0 Å². The molecular weight excluding hydrogens is 410 g/mol. The van der Waals surface area contributed by atoms with Gasteiger partial charge in [-0.15, -0.1) is 0 Å². The molecule has 0 bridgehead atoms. The van der Waals surface area contributed by atoms with Crippen LogP contribution < -0.4 is 15.4 Å². The molecule has 170 valence electrons. The molecule has 3 aromatic rings. The van der Waals surface area contributed by atoms with E-state index in [1.807, 2.05) is 41.3 Å². The van der Waals surface area contributed by atoms with Crippen molar-refractivity contribution in [2.45, 2.75) is 31.7 Å². The van der Waals surface area contributed by atoms with Crippen LogP contribution in [0.15, 0.2) is 66.7 Å². The van der Waals surface area contributed by atoms with Gasteiger partial charge >= 0.3 is 0 Å². The number of likely N-dealkylation sites (tertiary alicyclic amines) is 1. The molecular formula is C28H31N3O2. The molecule has 0 atom stereocenters. The normalized spacial score (nSPS) is 16.6. The van der Waals surface area contributed by atoms with Gasteiger partial charge in [-0.1, -0.05) is 36.4 Å². The number of hydrogen-bond acceptors (Lipinski definition) is 4. The van der Waals surface area contributed by atoms with Gasteiger partial charge in [0.15, 0.2) is 0 Å². The highest BCUT2D eigenvalue weighted by Gasteiger charge is 2.26. The lowest BCUT2D eigenvalue weighted by atomic mass is 9.88. The van der Waals surface area contributed by atoms with E-state index in [9.17, 15) is 4.79 Å². The van der Waals surface area contributed by atoms with Crippen LogP contribution in [0.4, 0.5) is 11.4 Å². The van der Waals surface area contributed by atoms with Gasteiger partial charge in [0.25, 0.3) is 5.91 Å². The summed E-state index contributed by atoms with van der Waals surface area (Å²) in [5, 5.41) is 0. The first-order chi connectivity index (χ1) is 16.1. The Kier molecular flexibility index (Phi) is 6.05. The van der Waals surface area contributed by atoms with Crippen LogP contribution in [0.5, 0.6) is 5.75 Å². The molecule has 0 unspecified atom stereocenters. The van der Waals surface area contributed by atoms with E-state index in [1.54, 1.807) is 7.11 Å². The number of nitrogens with zero attached hydrogens (tertiary/aromatic N) is 2. The van der Waals surface area contributed by atoms with E-state index in [2.05, 4.69) is 35.2 Å². The zero-order valence-electron chi connectivity index (χ0n) is 19.2. The fourth-order valence-electron chi connectivity index (χ4n) is 5.18. The summed E-state index contributed by atoms with van der Waals surface area (Å²) in [6.45, 7) is 3.75. The van der Waals surface area contributed by atoms with Gasteiger partial charge in [0.05, 0.1) is 7.11 Å². The Morgan fingerprint density at radius 1 is 1.00 bits per heavy atom. The standard InChI is InChI=1S/C28H31N3O2/c1-33-27-5-3-2-4-25(27)21-12-15-30(16-13-21)19-20-6-8-23(9-7-20)28(32)31-17-14-22-10-11-24(29)18-26(22)31/h2-11,18,21H,12-17,19,29H2,1H3. The quantitative estimate of drug-likeness (QED) is 0.575. The maximum Gasteiger partial charge on any atom is 0.258 e. The highest BCUT2D eigenvalue weighted by Crippen LogP contribution is 2.34. The van der Waals surface area contributed by atoms with Crippen LogP contribution in [0.1, 0.15) is 45.8 Å². The molecule has 0 spiro atoms. The fraction of sp³-hybridized carbons (Fsp3) is 0.321. The maximum absolute atomic E-state index is 13.1. The van der Waals surface area contributed by atoms with Crippen LogP contribution in [0.25, 0.3) is 0 Å². The van der Waals surface area contributed by atoms with Gasteiger partial charge in [0, 0.05) is 30.0 Å². The number of fused-ring (bicyclic) bond motifs is 1. The maximum atomic E-state index is 13.1. The summed E-state index contributed by atoms with van der Waals surface area (Å²) < 4.78 is 5.56. The van der Waals surface area contributed by atoms with E-state index in [0.717, 1.165) is 55.9 Å². The van der Waals surface area contributed by atoms with E-state index in [0.29, 0.717) is 18.2 Å². The van der Waals surface area contributed by atoms with E-state index in [-0.39, 0.29) is 5.91 Å². The molecule has 5 heteroatoms. The van der Waals surface area contributed by atoms with Crippen LogP contribution >= 0.6 is 0 Å². The van der Waals surface area contributed by atoms with Crippen molar-refractivity contribution in [2.24, 2.45) is 0 Å².